The molecular weight excluding hydrogens is 322 g/mol. The number of likely N-dealkylation sites (N-methyl/N-ethyl adjacent to an activating group) is 1. The summed E-state index contributed by atoms with van der Waals surface area (Å²) in [6.07, 6.45) is 0. The summed E-state index contributed by atoms with van der Waals surface area (Å²) >= 11 is 1.78. The van der Waals surface area contributed by atoms with E-state index in [1.165, 1.54) is 10.6 Å². The summed E-state index contributed by atoms with van der Waals surface area (Å²) in [7, 11) is 4.05. The molecule has 0 N–H and O–H groups in total. The van der Waals surface area contributed by atoms with Crippen LogP contribution in [-0.4, -0.2) is 63.6 Å². The Hall–Kier alpha value is -1.70. The number of nitrogens with zero attached hydrogens (tertiary/aromatic N) is 5. The number of piperazine rings is 1. The van der Waals surface area contributed by atoms with Crippen LogP contribution in [0.25, 0.3) is 0 Å². The minimum atomic E-state index is 0.0953. The maximum absolute atomic E-state index is 12.9. The first-order chi connectivity index (χ1) is 11.6. The number of amides is 1. The Kier molecular flexibility index (Phi) is 4.15. The van der Waals surface area contributed by atoms with Crippen LogP contribution in [0, 0.1) is 0 Å². The lowest BCUT2D eigenvalue weighted by atomic mass is 10.2. The molecule has 6 nitrogen and oxygen atoms in total. The smallest absolute Gasteiger partial charge is 0.274 e. The van der Waals surface area contributed by atoms with E-state index in [1.54, 1.807) is 11.3 Å². The van der Waals surface area contributed by atoms with Crippen molar-refractivity contribution < 1.29 is 4.79 Å². The summed E-state index contributed by atoms with van der Waals surface area (Å²) in [5, 5.41) is 6.66. The third-order valence-corrected chi connectivity index (χ3v) is 5.84. The van der Waals surface area contributed by atoms with Crippen molar-refractivity contribution in [3.8, 4) is 0 Å². The predicted molar refractivity (Wildman–Crippen MR) is 93.9 cm³/mol. The molecule has 0 aromatic carbocycles. The van der Waals surface area contributed by atoms with Gasteiger partial charge in [0, 0.05) is 63.3 Å². The summed E-state index contributed by atoms with van der Waals surface area (Å²) in [5.41, 5.74) is 2.97. The van der Waals surface area contributed by atoms with Gasteiger partial charge >= 0.3 is 0 Å². The molecule has 0 aliphatic carbocycles. The summed E-state index contributed by atoms with van der Waals surface area (Å²) in [4.78, 5) is 20.9. The number of aromatic nitrogens is 2. The number of carbonyl (C=O) groups excluding carboxylic acids is 1. The van der Waals surface area contributed by atoms with Crippen LogP contribution < -0.4 is 0 Å². The van der Waals surface area contributed by atoms with Crippen molar-refractivity contribution in [2.75, 3.05) is 33.2 Å². The van der Waals surface area contributed by atoms with E-state index in [4.69, 9.17) is 0 Å². The molecule has 24 heavy (non-hydrogen) atoms. The fourth-order valence-corrected chi connectivity index (χ4v) is 4.27. The topological polar surface area (TPSA) is 44.6 Å². The molecule has 2 aliphatic heterocycles. The quantitative estimate of drug-likeness (QED) is 0.843. The van der Waals surface area contributed by atoms with Gasteiger partial charge in [-0.15, -0.1) is 11.3 Å². The second-order valence-corrected chi connectivity index (χ2v) is 7.75. The molecule has 0 atom stereocenters. The highest BCUT2D eigenvalue weighted by molar-refractivity contribution is 7.09. The molecule has 7 heteroatoms. The van der Waals surface area contributed by atoms with Crippen molar-refractivity contribution in [3.63, 3.8) is 0 Å². The number of fused-ring (bicyclic) bond motifs is 1. The zero-order chi connectivity index (χ0) is 16.7. The summed E-state index contributed by atoms with van der Waals surface area (Å²) in [6, 6.07) is 4.26. The maximum atomic E-state index is 12.9. The number of hydrogen-bond acceptors (Lipinski definition) is 5. The normalized spacial score (nSPS) is 19.0. The molecule has 2 aliphatic rings. The van der Waals surface area contributed by atoms with Crippen molar-refractivity contribution in [1.82, 2.24) is 24.5 Å². The molecule has 4 rings (SSSR count). The Morgan fingerprint density at radius 3 is 2.71 bits per heavy atom. The van der Waals surface area contributed by atoms with Gasteiger partial charge in [0.05, 0.1) is 5.69 Å². The van der Waals surface area contributed by atoms with E-state index in [1.807, 2.05) is 16.6 Å². The third kappa shape index (κ3) is 2.87. The first-order valence-corrected chi connectivity index (χ1v) is 9.27. The van der Waals surface area contributed by atoms with E-state index in [0.29, 0.717) is 5.69 Å². The Balaban J connectivity index is 1.51. The molecule has 128 valence electrons. The number of carbonyl (C=O) groups is 1. The van der Waals surface area contributed by atoms with Gasteiger partial charge in [0.25, 0.3) is 5.91 Å². The van der Waals surface area contributed by atoms with E-state index < -0.39 is 0 Å². The highest BCUT2D eigenvalue weighted by Crippen LogP contribution is 2.28. The fourth-order valence-electron chi connectivity index (χ4n) is 3.52. The second-order valence-electron chi connectivity index (χ2n) is 6.72. The van der Waals surface area contributed by atoms with Gasteiger partial charge in [-0.05, 0) is 18.5 Å². The molecule has 1 fully saturated rings. The lowest BCUT2D eigenvalue weighted by Gasteiger charge is -2.32. The first-order valence-electron chi connectivity index (χ1n) is 8.39. The number of aryl methyl sites for hydroxylation is 1. The van der Waals surface area contributed by atoms with Gasteiger partial charge in [-0.3, -0.25) is 14.4 Å². The maximum Gasteiger partial charge on any atom is 0.274 e. The SMILES string of the molecule is CN1CCN(C(=O)c2nn(C)c3c2CN(Cc2cccs2)C3)CC1. The zero-order valence-corrected chi connectivity index (χ0v) is 15.1. The number of thiophene rings is 1. The molecule has 1 amide bonds. The molecule has 0 spiro atoms. The lowest BCUT2D eigenvalue weighted by molar-refractivity contribution is 0.0655. The van der Waals surface area contributed by atoms with E-state index in [-0.39, 0.29) is 5.91 Å². The average Bonchev–Trinajstić information content (AvgIpc) is 3.27. The van der Waals surface area contributed by atoms with Crippen LogP contribution >= 0.6 is 11.3 Å². The van der Waals surface area contributed by atoms with Gasteiger partial charge in [0.1, 0.15) is 0 Å². The van der Waals surface area contributed by atoms with E-state index in [2.05, 4.69) is 39.5 Å². The van der Waals surface area contributed by atoms with Gasteiger partial charge in [-0.2, -0.15) is 5.10 Å². The van der Waals surface area contributed by atoms with Crippen molar-refractivity contribution in [1.29, 1.82) is 0 Å². The highest BCUT2D eigenvalue weighted by Gasteiger charge is 2.32. The molecule has 2 aromatic heterocycles. The number of hydrogen-bond donors (Lipinski definition) is 0. The van der Waals surface area contributed by atoms with Crippen LogP contribution in [0.15, 0.2) is 17.5 Å². The standard InChI is InChI=1S/C17H23N5OS/c1-19-5-7-22(8-6-19)17(23)16-14-11-21(10-13-4-3-9-24-13)12-15(14)20(2)18-16/h3-4,9H,5-8,10-12H2,1-2H3. The fraction of sp³-hybridized carbons (Fsp3) is 0.529. The molecule has 4 heterocycles. The highest BCUT2D eigenvalue weighted by atomic mass is 32.1. The van der Waals surface area contributed by atoms with E-state index in [9.17, 15) is 4.79 Å². The van der Waals surface area contributed by atoms with Crippen molar-refractivity contribution in [2.45, 2.75) is 19.6 Å². The third-order valence-electron chi connectivity index (χ3n) is 4.98. The van der Waals surface area contributed by atoms with Crippen LogP contribution in [0.2, 0.25) is 0 Å². The molecule has 2 aromatic rings. The van der Waals surface area contributed by atoms with E-state index in [0.717, 1.165) is 51.4 Å². The summed E-state index contributed by atoms with van der Waals surface area (Å²) in [5.74, 6) is 0.0953. The summed E-state index contributed by atoms with van der Waals surface area (Å²) < 4.78 is 1.90. The lowest BCUT2D eigenvalue weighted by Crippen LogP contribution is -2.47. The molecule has 0 bridgehead atoms. The first kappa shape index (κ1) is 15.8. The Labute approximate surface area is 146 Å². The van der Waals surface area contributed by atoms with Crippen LogP contribution in [0.1, 0.15) is 26.6 Å². The minimum absolute atomic E-state index is 0.0953. The van der Waals surface area contributed by atoms with Gasteiger partial charge in [0.15, 0.2) is 5.69 Å². The largest absolute Gasteiger partial charge is 0.335 e. The molecule has 0 saturated carbocycles. The second kappa shape index (κ2) is 6.31. The average molecular weight is 345 g/mol. The zero-order valence-electron chi connectivity index (χ0n) is 14.2. The van der Waals surface area contributed by atoms with E-state index >= 15 is 0 Å². The summed E-state index contributed by atoms with van der Waals surface area (Å²) in [6.45, 7) is 6.08. The minimum Gasteiger partial charge on any atom is -0.335 e. The van der Waals surface area contributed by atoms with Crippen LogP contribution in [-0.2, 0) is 26.7 Å². The van der Waals surface area contributed by atoms with Crippen molar-refractivity contribution in [3.05, 3.63) is 39.3 Å². The van der Waals surface area contributed by atoms with Crippen LogP contribution in [0.4, 0.5) is 0 Å². The monoisotopic (exact) mass is 345 g/mol. The Morgan fingerprint density at radius 2 is 2.00 bits per heavy atom. The van der Waals surface area contributed by atoms with Gasteiger partial charge < -0.3 is 9.80 Å². The predicted octanol–water partition coefficient (Wildman–Crippen LogP) is 1.39. The van der Waals surface area contributed by atoms with Gasteiger partial charge in [0.2, 0.25) is 0 Å². The van der Waals surface area contributed by atoms with Crippen molar-refractivity contribution >= 4 is 17.2 Å². The molecule has 0 radical (unpaired) electrons. The Morgan fingerprint density at radius 1 is 1.21 bits per heavy atom. The number of rotatable bonds is 3. The van der Waals surface area contributed by atoms with Crippen molar-refractivity contribution in [2.24, 2.45) is 7.05 Å². The van der Waals surface area contributed by atoms with Gasteiger partial charge in [-0.25, -0.2) is 0 Å². The Bertz CT molecular complexity index is 730. The molecule has 0 unspecified atom stereocenters. The molecular formula is C17H23N5OS. The van der Waals surface area contributed by atoms with Crippen LogP contribution in [0.3, 0.4) is 0 Å². The van der Waals surface area contributed by atoms with Gasteiger partial charge in [-0.1, -0.05) is 6.07 Å². The van der Waals surface area contributed by atoms with Crippen LogP contribution in [0.5, 0.6) is 0 Å². The molecule has 1 saturated heterocycles.